The molecule has 8 heteroatoms. The molecule has 1 heterocycles. The zero-order valence-corrected chi connectivity index (χ0v) is 18.3. The van der Waals surface area contributed by atoms with Crippen molar-refractivity contribution in [1.82, 2.24) is 9.62 Å². The Morgan fingerprint density at radius 1 is 1.03 bits per heavy atom. The molecule has 2 aromatic rings. The minimum atomic E-state index is -3.64. The van der Waals surface area contributed by atoms with Crippen LogP contribution in [0.1, 0.15) is 17.5 Å². The molecule has 0 saturated carbocycles. The second kappa shape index (κ2) is 9.15. The minimum Gasteiger partial charge on any atom is -0.368 e. The third-order valence-electron chi connectivity index (χ3n) is 5.30. The third kappa shape index (κ3) is 5.29. The van der Waals surface area contributed by atoms with Gasteiger partial charge >= 0.3 is 0 Å². The number of nitrogens with zero attached hydrogens (tertiary/aromatic N) is 2. The van der Waals surface area contributed by atoms with Gasteiger partial charge in [0.2, 0.25) is 15.9 Å². The molecule has 0 radical (unpaired) electrons. The number of benzene rings is 2. The monoisotopic (exact) mass is 435 g/mol. The van der Waals surface area contributed by atoms with E-state index >= 15 is 0 Å². The lowest BCUT2D eigenvalue weighted by molar-refractivity contribution is -0.131. The predicted molar refractivity (Wildman–Crippen MR) is 116 cm³/mol. The first-order chi connectivity index (χ1) is 13.8. The minimum absolute atomic E-state index is 0.0376. The summed E-state index contributed by atoms with van der Waals surface area (Å²) < 4.78 is 27.0. The van der Waals surface area contributed by atoms with Crippen LogP contribution in [0.3, 0.4) is 0 Å². The molecule has 0 atom stereocenters. The predicted octanol–water partition coefficient (Wildman–Crippen LogP) is 2.97. The van der Waals surface area contributed by atoms with E-state index in [1.165, 1.54) is 41.1 Å². The summed E-state index contributed by atoms with van der Waals surface area (Å²) in [6.45, 7) is 7.10. The highest BCUT2D eigenvalue weighted by Gasteiger charge is 2.22. The molecule has 2 aromatic carbocycles. The van der Waals surface area contributed by atoms with E-state index in [0.29, 0.717) is 18.1 Å². The summed E-state index contributed by atoms with van der Waals surface area (Å²) >= 11 is 5.79. The van der Waals surface area contributed by atoms with E-state index in [0.717, 1.165) is 13.1 Å². The zero-order chi connectivity index (χ0) is 21.0. The Morgan fingerprint density at radius 2 is 1.69 bits per heavy atom. The lowest BCUT2D eigenvalue weighted by Crippen LogP contribution is -2.49. The number of sulfonamides is 1. The number of rotatable bonds is 6. The fraction of sp³-hybridized carbons (Fsp3) is 0.381. The smallest absolute Gasteiger partial charge is 0.240 e. The van der Waals surface area contributed by atoms with Crippen LogP contribution in [0.4, 0.5) is 5.69 Å². The fourth-order valence-corrected chi connectivity index (χ4v) is 4.58. The number of hydrogen-bond donors (Lipinski definition) is 1. The van der Waals surface area contributed by atoms with Gasteiger partial charge in [-0.3, -0.25) is 4.79 Å². The SMILES string of the molecule is Cc1cccc(N2CCN(C(=O)CCNS(=O)(=O)c3ccc(Cl)cc3)CC2)c1C. The molecule has 0 aliphatic carbocycles. The van der Waals surface area contributed by atoms with Gasteiger partial charge in [-0.05, 0) is 55.3 Å². The molecule has 0 bridgehead atoms. The van der Waals surface area contributed by atoms with Crippen molar-refractivity contribution in [2.75, 3.05) is 37.6 Å². The van der Waals surface area contributed by atoms with Crippen LogP contribution in [-0.2, 0) is 14.8 Å². The molecule has 3 rings (SSSR count). The van der Waals surface area contributed by atoms with Crippen LogP contribution in [0, 0.1) is 13.8 Å². The van der Waals surface area contributed by atoms with Crippen LogP contribution in [0.5, 0.6) is 0 Å². The molecule has 0 spiro atoms. The summed E-state index contributed by atoms with van der Waals surface area (Å²) in [6.07, 6.45) is 0.135. The number of carbonyl (C=O) groups is 1. The van der Waals surface area contributed by atoms with Gasteiger partial charge in [-0.25, -0.2) is 13.1 Å². The lowest BCUT2D eigenvalue weighted by atomic mass is 10.1. The Bertz CT molecular complexity index is 969. The van der Waals surface area contributed by atoms with Crippen molar-refractivity contribution in [2.24, 2.45) is 0 Å². The van der Waals surface area contributed by atoms with Crippen LogP contribution in [-0.4, -0.2) is 51.9 Å². The van der Waals surface area contributed by atoms with Crippen LogP contribution >= 0.6 is 11.6 Å². The van der Waals surface area contributed by atoms with E-state index in [-0.39, 0.29) is 23.8 Å². The largest absolute Gasteiger partial charge is 0.368 e. The maximum Gasteiger partial charge on any atom is 0.240 e. The highest BCUT2D eigenvalue weighted by Crippen LogP contribution is 2.24. The van der Waals surface area contributed by atoms with Crippen molar-refractivity contribution in [2.45, 2.75) is 25.2 Å². The van der Waals surface area contributed by atoms with Gasteiger partial charge in [0, 0.05) is 49.9 Å². The van der Waals surface area contributed by atoms with E-state index in [1.807, 2.05) is 0 Å². The van der Waals surface area contributed by atoms with Gasteiger partial charge in [0.15, 0.2) is 0 Å². The van der Waals surface area contributed by atoms with Gasteiger partial charge in [-0.1, -0.05) is 23.7 Å². The van der Waals surface area contributed by atoms with Crippen molar-refractivity contribution >= 4 is 33.2 Å². The summed E-state index contributed by atoms with van der Waals surface area (Å²) in [6, 6.07) is 12.2. The molecule has 29 heavy (non-hydrogen) atoms. The summed E-state index contributed by atoms with van der Waals surface area (Å²) in [5.41, 5.74) is 3.74. The first-order valence-electron chi connectivity index (χ1n) is 9.62. The fourth-order valence-electron chi connectivity index (χ4n) is 3.42. The van der Waals surface area contributed by atoms with E-state index in [1.54, 1.807) is 4.90 Å². The average Bonchev–Trinajstić information content (AvgIpc) is 2.70. The number of aryl methyl sites for hydroxylation is 1. The van der Waals surface area contributed by atoms with Gasteiger partial charge in [-0.15, -0.1) is 0 Å². The van der Waals surface area contributed by atoms with Crippen molar-refractivity contribution in [1.29, 1.82) is 0 Å². The Hall–Kier alpha value is -2.09. The van der Waals surface area contributed by atoms with Crippen molar-refractivity contribution in [3.63, 3.8) is 0 Å². The van der Waals surface area contributed by atoms with Crippen LogP contribution in [0.15, 0.2) is 47.4 Å². The number of anilines is 1. The van der Waals surface area contributed by atoms with Crippen LogP contribution < -0.4 is 9.62 Å². The quantitative estimate of drug-likeness (QED) is 0.757. The number of piperazine rings is 1. The molecular weight excluding hydrogens is 410 g/mol. The number of carbonyl (C=O) groups excluding carboxylic acids is 1. The molecule has 1 aliphatic heterocycles. The first-order valence-corrected chi connectivity index (χ1v) is 11.5. The topological polar surface area (TPSA) is 69.7 Å². The molecule has 1 aliphatic rings. The van der Waals surface area contributed by atoms with E-state index < -0.39 is 10.0 Å². The molecule has 6 nitrogen and oxygen atoms in total. The van der Waals surface area contributed by atoms with Gasteiger partial charge in [-0.2, -0.15) is 0 Å². The summed E-state index contributed by atoms with van der Waals surface area (Å²) in [5.74, 6) is -0.0376. The Kier molecular flexibility index (Phi) is 6.82. The standard InChI is InChI=1S/C21H26ClN3O3S/c1-16-4-3-5-20(17(16)2)24-12-14-25(15-13-24)21(26)10-11-23-29(27,28)19-8-6-18(22)7-9-19/h3-9,23H,10-15H2,1-2H3. The van der Waals surface area contributed by atoms with Crippen molar-refractivity contribution in [3.05, 3.63) is 58.6 Å². The number of hydrogen-bond acceptors (Lipinski definition) is 4. The first kappa shape index (κ1) is 21.6. The molecule has 1 saturated heterocycles. The number of nitrogens with one attached hydrogen (secondary N) is 1. The molecule has 156 valence electrons. The average molecular weight is 436 g/mol. The Balaban J connectivity index is 1.49. The van der Waals surface area contributed by atoms with Crippen molar-refractivity contribution < 1.29 is 13.2 Å². The maximum absolute atomic E-state index is 12.5. The zero-order valence-electron chi connectivity index (χ0n) is 16.7. The third-order valence-corrected chi connectivity index (χ3v) is 7.03. The van der Waals surface area contributed by atoms with Crippen LogP contribution in [0.2, 0.25) is 5.02 Å². The molecular formula is C21H26ClN3O3S. The van der Waals surface area contributed by atoms with Gasteiger partial charge in [0.05, 0.1) is 4.90 Å². The summed E-state index contributed by atoms with van der Waals surface area (Å²) in [7, 11) is -3.64. The second-order valence-electron chi connectivity index (χ2n) is 7.19. The summed E-state index contributed by atoms with van der Waals surface area (Å²) in [4.78, 5) is 16.7. The van der Waals surface area contributed by atoms with Crippen LogP contribution in [0.25, 0.3) is 0 Å². The second-order valence-corrected chi connectivity index (χ2v) is 9.39. The van der Waals surface area contributed by atoms with Gasteiger partial charge in [0.25, 0.3) is 0 Å². The van der Waals surface area contributed by atoms with E-state index in [4.69, 9.17) is 11.6 Å². The molecule has 0 aromatic heterocycles. The number of amides is 1. The molecule has 0 unspecified atom stereocenters. The summed E-state index contributed by atoms with van der Waals surface area (Å²) in [5, 5.41) is 0.471. The molecule has 1 fully saturated rings. The lowest BCUT2D eigenvalue weighted by Gasteiger charge is -2.37. The Labute approximate surface area is 177 Å². The van der Waals surface area contributed by atoms with Crippen molar-refractivity contribution in [3.8, 4) is 0 Å². The Morgan fingerprint density at radius 3 is 2.34 bits per heavy atom. The maximum atomic E-state index is 12.5. The van der Waals surface area contributed by atoms with E-state index in [2.05, 4.69) is 41.7 Å². The van der Waals surface area contributed by atoms with Gasteiger partial charge in [0.1, 0.15) is 0 Å². The normalized spacial score (nSPS) is 14.9. The highest BCUT2D eigenvalue weighted by molar-refractivity contribution is 7.89. The molecule has 1 N–H and O–H groups in total. The van der Waals surface area contributed by atoms with E-state index in [9.17, 15) is 13.2 Å². The highest BCUT2D eigenvalue weighted by atomic mass is 35.5. The molecule has 1 amide bonds. The van der Waals surface area contributed by atoms with Gasteiger partial charge < -0.3 is 9.80 Å². The number of halogens is 1.